The van der Waals surface area contributed by atoms with Gasteiger partial charge in [-0.25, -0.2) is 4.98 Å². The molecule has 0 radical (unpaired) electrons. The first-order valence-electron chi connectivity index (χ1n) is 6.84. The van der Waals surface area contributed by atoms with Gasteiger partial charge >= 0.3 is 0 Å². The molecule has 1 saturated heterocycles. The van der Waals surface area contributed by atoms with Crippen molar-refractivity contribution in [2.24, 2.45) is 0 Å². The summed E-state index contributed by atoms with van der Waals surface area (Å²) >= 11 is 0. The van der Waals surface area contributed by atoms with Gasteiger partial charge in [0.05, 0.1) is 29.8 Å². The SMILES string of the molecule is CCn1nccc1-c1cncc(C2CCCN2C)n1. The lowest BCUT2D eigenvalue weighted by Gasteiger charge is -2.18. The van der Waals surface area contributed by atoms with Crippen molar-refractivity contribution in [3.05, 3.63) is 30.4 Å². The molecule has 100 valence electrons. The first-order chi connectivity index (χ1) is 9.29. The highest BCUT2D eigenvalue weighted by Gasteiger charge is 2.24. The van der Waals surface area contributed by atoms with Crippen molar-refractivity contribution in [1.82, 2.24) is 24.6 Å². The average molecular weight is 257 g/mol. The van der Waals surface area contributed by atoms with Crippen molar-refractivity contribution in [3.63, 3.8) is 0 Å². The lowest BCUT2D eigenvalue weighted by atomic mass is 10.1. The number of aromatic nitrogens is 4. The van der Waals surface area contributed by atoms with Crippen molar-refractivity contribution >= 4 is 0 Å². The minimum atomic E-state index is 0.408. The number of rotatable bonds is 3. The minimum Gasteiger partial charge on any atom is -0.298 e. The Morgan fingerprint density at radius 3 is 3.00 bits per heavy atom. The molecule has 3 rings (SSSR count). The molecule has 0 amide bonds. The van der Waals surface area contributed by atoms with E-state index >= 15 is 0 Å². The molecular weight excluding hydrogens is 238 g/mol. The Morgan fingerprint density at radius 2 is 2.26 bits per heavy atom. The summed E-state index contributed by atoms with van der Waals surface area (Å²) in [7, 11) is 2.16. The molecule has 0 N–H and O–H groups in total. The van der Waals surface area contributed by atoms with Gasteiger partial charge in [-0.3, -0.25) is 14.6 Å². The zero-order valence-electron chi connectivity index (χ0n) is 11.5. The molecule has 0 aliphatic carbocycles. The molecule has 1 fully saturated rings. The number of hydrogen-bond donors (Lipinski definition) is 0. The fraction of sp³-hybridized carbons (Fsp3) is 0.500. The first-order valence-corrected chi connectivity index (χ1v) is 6.84. The molecule has 1 aliphatic heterocycles. The zero-order valence-corrected chi connectivity index (χ0v) is 11.5. The summed E-state index contributed by atoms with van der Waals surface area (Å²) in [6.45, 7) is 4.07. The second-order valence-electron chi connectivity index (χ2n) is 5.00. The molecule has 2 aromatic heterocycles. The third kappa shape index (κ3) is 2.26. The van der Waals surface area contributed by atoms with Gasteiger partial charge in [0.1, 0.15) is 5.69 Å². The van der Waals surface area contributed by atoms with Crippen molar-refractivity contribution in [3.8, 4) is 11.4 Å². The fourth-order valence-corrected chi connectivity index (χ4v) is 2.75. The van der Waals surface area contributed by atoms with Crippen LogP contribution in [0.5, 0.6) is 0 Å². The molecule has 5 heteroatoms. The Kier molecular flexibility index (Phi) is 3.29. The topological polar surface area (TPSA) is 46.8 Å². The lowest BCUT2D eigenvalue weighted by Crippen LogP contribution is -2.19. The van der Waals surface area contributed by atoms with Crippen LogP contribution in [0.4, 0.5) is 0 Å². The van der Waals surface area contributed by atoms with Crippen LogP contribution in [0.3, 0.4) is 0 Å². The van der Waals surface area contributed by atoms with E-state index < -0.39 is 0 Å². The van der Waals surface area contributed by atoms with Crippen LogP contribution in [0.2, 0.25) is 0 Å². The number of nitrogens with zero attached hydrogens (tertiary/aromatic N) is 5. The molecular formula is C14H19N5. The van der Waals surface area contributed by atoms with Crippen LogP contribution in [0.15, 0.2) is 24.7 Å². The summed E-state index contributed by atoms with van der Waals surface area (Å²) in [6.07, 6.45) is 7.93. The average Bonchev–Trinajstić information content (AvgIpc) is 3.07. The number of hydrogen-bond acceptors (Lipinski definition) is 4. The Morgan fingerprint density at radius 1 is 1.37 bits per heavy atom. The van der Waals surface area contributed by atoms with E-state index in [0.29, 0.717) is 6.04 Å². The summed E-state index contributed by atoms with van der Waals surface area (Å²) in [6, 6.07) is 2.40. The summed E-state index contributed by atoms with van der Waals surface area (Å²) in [5.41, 5.74) is 3.02. The van der Waals surface area contributed by atoms with Crippen LogP contribution in [-0.2, 0) is 6.54 Å². The molecule has 1 unspecified atom stereocenters. The second kappa shape index (κ2) is 5.09. The van der Waals surface area contributed by atoms with Gasteiger partial charge < -0.3 is 0 Å². The third-order valence-electron chi connectivity index (χ3n) is 3.79. The quantitative estimate of drug-likeness (QED) is 0.845. The molecule has 19 heavy (non-hydrogen) atoms. The normalized spacial score (nSPS) is 20.0. The standard InChI is InChI=1S/C14H19N5/c1-3-19-14(6-7-16-19)12-10-15-9-11(17-12)13-5-4-8-18(13)2/h6-7,9-10,13H,3-5,8H2,1-2H3. The van der Waals surface area contributed by atoms with E-state index in [4.69, 9.17) is 4.98 Å². The molecule has 2 aromatic rings. The largest absolute Gasteiger partial charge is 0.298 e. The van der Waals surface area contributed by atoms with Crippen LogP contribution in [0, 0.1) is 0 Å². The molecule has 5 nitrogen and oxygen atoms in total. The van der Waals surface area contributed by atoms with E-state index in [1.165, 1.54) is 12.8 Å². The molecule has 0 aromatic carbocycles. The Labute approximate surface area is 113 Å². The van der Waals surface area contributed by atoms with Gasteiger partial charge in [0.25, 0.3) is 0 Å². The van der Waals surface area contributed by atoms with Crippen molar-refractivity contribution in [1.29, 1.82) is 0 Å². The summed E-state index contributed by atoms with van der Waals surface area (Å²) in [4.78, 5) is 11.5. The lowest BCUT2D eigenvalue weighted by molar-refractivity contribution is 0.311. The van der Waals surface area contributed by atoms with E-state index in [2.05, 4.69) is 29.0 Å². The molecule has 0 spiro atoms. The Bertz CT molecular complexity index is 562. The van der Waals surface area contributed by atoms with Gasteiger partial charge in [-0.2, -0.15) is 5.10 Å². The van der Waals surface area contributed by atoms with Crippen LogP contribution < -0.4 is 0 Å². The molecule has 0 bridgehead atoms. The van der Waals surface area contributed by atoms with Gasteiger partial charge in [0.15, 0.2) is 0 Å². The highest BCUT2D eigenvalue weighted by Crippen LogP contribution is 2.29. The molecule has 3 heterocycles. The van der Waals surface area contributed by atoms with Gasteiger partial charge in [-0.05, 0) is 39.4 Å². The molecule has 0 saturated carbocycles. The van der Waals surface area contributed by atoms with Crippen molar-refractivity contribution in [2.45, 2.75) is 32.4 Å². The predicted octanol–water partition coefficient (Wildman–Crippen LogP) is 2.13. The van der Waals surface area contributed by atoms with Crippen LogP contribution in [-0.4, -0.2) is 38.2 Å². The summed E-state index contributed by atoms with van der Waals surface area (Å²) in [5, 5.41) is 4.29. The zero-order chi connectivity index (χ0) is 13.2. The first kappa shape index (κ1) is 12.3. The maximum atomic E-state index is 4.79. The van der Waals surface area contributed by atoms with Crippen LogP contribution in [0.25, 0.3) is 11.4 Å². The monoisotopic (exact) mass is 257 g/mol. The van der Waals surface area contributed by atoms with Crippen molar-refractivity contribution < 1.29 is 0 Å². The number of aryl methyl sites for hydroxylation is 1. The Hall–Kier alpha value is -1.75. The van der Waals surface area contributed by atoms with Gasteiger partial charge in [-0.1, -0.05) is 0 Å². The van der Waals surface area contributed by atoms with Gasteiger partial charge in [-0.15, -0.1) is 0 Å². The maximum absolute atomic E-state index is 4.79. The number of likely N-dealkylation sites (tertiary alicyclic amines) is 1. The third-order valence-corrected chi connectivity index (χ3v) is 3.79. The van der Waals surface area contributed by atoms with Gasteiger partial charge in [0, 0.05) is 12.7 Å². The minimum absolute atomic E-state index is 0.408. The fourth-order valence-electron chi connectivity index (χ4n) is 2.75. The van der Waals surface area contributed by atoms with E-state index in [9.17, 15) is 0 Å². The summed E-state index contributed by atoms with van der Waals surface area (Å²) in [5.74, 6) is 0. The smallest absolute Gasteiger partial charge is 0.107 e. The van der Waals surface area contributed by atoms with E-state index in [1.54, 1.807) is 0 Å². The second-order valence-corrected chi connectivity index (χ2v) is 5.00. The Balaban J connectivity index is 1.96. The molecule has 1 aliphatic rings. The molecule has 1 atom stereocenters. The van der Waals surface area contributed by atoms with E-state index in [0.717, 1.165) is 30.2 Å². The summed E-state index contributed by atoms with van der Waals surface area (Å²) < 4.78 is 1.95. The van der Waals surface area contributed by atoms with E-state index in [1.807, 2.05) is 29.3 Å². The van der Waals surface area contributed by atoms with E-state index in [-0.39, 0.29) is 0 Å². The highest BCUT2D eigenvalue weighted by atomic mass is 15.3. The highest BCUT2D eigenvalue weighted by molar-refractivity contribution is 5.52. The predicted molar refractivity (Wildman–Crippen MR) is 73.5 cm³/mol. The van der Waals surface area contributed by atoms with Crippen LogP contribution >= 0.6 is 0 Å². The van der Waals surface area contributed by atoms with Crippen LogP contribution in [0.1, 0.15) is 31.5 Å². The van der Waals surface area contributed by atoms with Crippen molar-refractivity contribution in [2.75, 3.05) is 13.6 Å². The maximum Gasteiger partial charge on any atom is 0.107 e. The van der Waals surface area contributed by atoms with Gasteiger partial charge in [0.2, 0.25) is 0 Å².